The summed E-state index contributed by atoms with van der Waals surface area (Å²) in [6.07, 6.45) is 2.77. The van der Waals surface area contributed by atoms with Gasteiger partial charge >= 0.3 is 0 Å². The summed E-state index contributed by atoms with van der Waals surface area (Å²) >= 11 is 4.85. The summed E-state index contributed by atoms with van der Waals surface area (Å²) in [6, 6.07) is 0. The summed E-state index contributed by atoms with van der Waals surface area (Å²) in [5, 5.41) is 0. The molecule has 0 radical (unpaired) electrons. The van der Waals surface area contributed by atoms with Crippen molar-refractivity contribution in [3.63, 3.8) is 0 Å². The van der Waals surface area contributed by atoms with Gasteiger partial charge in [0.2, 0.25) is 0 Å². The van der Waals surface area contributed by atoms with E-state index in [-0.39, 0.29) is 21.1 Å². The van der Waals surface area contributed by atoms with E-state index in [4.69, 9.17) is 12.6 Å². The maximum Gasteiger partial charge on any atom is 0 e. The van der Waals surface area contributed by atoms with E-state index in [0.717, 1.165) is 12.3 Å². The predicted molar refractivity (Wildman–Crippen MR) is 37.9 cm³/mol. The quantitative estimate of drug-likeness (QED) is 0.688. The molecule has 0 aromatic heterocycles. The molecule has 1 fully saturated rings. The zero-order chi connectivity index (χ0) is 5.82. The van der Waals surface area contributed by atoms with Crippen LogP contribution in [-0.4, -0.2) is 30.3 Å². The molecular weight excluding hydrogens is 302 g/mol. The second-order valence-electron chi connectivity index (χ2n) is 2.25. The van der Waals surface area contributed by atoms with Gasteiger partial charge in [0.05, 0.1) is 0 Å². The Bertz CT molecular complexity index is 64.1. The third-order valence-corrected chi connectivity index (χ3v) is 1.79. The van der Waals surface area contributed by atoms with Gasteiger partial charge in [-0.1, -0.05) is 0 Å². The molecule has 0 amide bonds. The van der Waals surface area contributed by atoms with Gasteiger partial charge in [0.1, 0.15) is 0 Å². The van der Waals surface area contributed by atoms with Crippen molar-refractivity contribution in [3.8, 4) is 0 Å². The summed E-state index contributed by atoms with van der Waals surface area (Å²) in [5.74, 6) is 0.903. The van der Waals surface area contributed by atoms with E-state index in [1.54, 1.807) is 0 Å². The molecule has 3 heteroatoms. The van der Waals surface area contributed by atoms with Crippen LogP contribution >= 0.6 is 0 Å². The summed E-state index contributed by atoms with van der Waals surface area (Å²) in [4.78, 5) is 2.44. The molecule has 0 N–H and O–H groups in total. The molecule has 0 bridgehead atoms. The second-order valence-corrected chi connectivity index (χ2v) is 2.66. The molecule has 0 aliphatic carbocycles. The summed E-state index contributed by atoms with van der Waals surface area (Å²) in [7, 11) is 0. The molecule has 9 heavy (non-hydrogen) atoms. The van der Waals surface area contributed by atoms with Crippen LogP contribution < -0.4 is 0 Å². The van der Waals surface area contributed by atoms with Crippen molar-refractivity contribution in [1.29, 1.82) is 0 Å². The van der Waals surface area contributed by atoms with Crippen molar-refractivity contribution >= 4 is 12.6 Å². The fourth-order valence-corrected chi connectivity index (χ4v) is 1.39. The van der Waals surface area contributed by atoms with E-state index in [0.29, 0.717) is 0 Å². The first kappa shape index (κ1) is 10.00. The average molecular weight is 314 g/mol. The molecule has 54 valence electrons. The molecule has 0 atom stereocenters. The smallest absolute Gasteiger partial charge is 0 e. The standard InChI is InChI=1S/C6H13NS.W/c8-6-5-7-3-1-2-4-7;/h8H,1-6H2;/p-1. The van der Waals surface area contributed by atoms with Crippen molar-refractivity contribution < 1.29 is 21.1 Å². The molecular formula is C6H12NSW-. The molecule has 1 rings (SSSR count). The van der Waals surface area contributed by atoms with E-state index < -0.39 is 0 Å². The van der Waals surface area contributed by atoms with E-state index in [9.17, 15) is 0 Å². The largest absolute Gasteiger partial charge is 0.791 e. The first-order chi connectivity index (χ1) is 3.93. The van der Waals surface area contributed by atoms with Crippen LogP contribution in [-0.2, 0) is 33.7 Å². The molecule has 1 nitrogen and oxygen atoms in total. The van der Waals surface area contributed by atoms with Crippen LogP contribution in [0.2, 0.25) is 0 Å². The van der Waals surface area contributed by atoms with Crippen LogP contribution in [0.4, 0.5) is 0 Å². The van der Waals surface area contributed by atoms with E-state index in [1.165, 1.54) is 25.9 Å². The molecule has 1 aliphatic rings. The molecule has 0 unspecified atom stereocenters. The van der Waals surface area contributed by atoms with Crippen molar-refractivity contribution in [3.05, 3.63) is 0 Å². The van der Waals surface area contributed by atoms with E-state index in [1.807, 2.05) is 0 Å². The van der Waals surface area contributed by atoms with Gasteiger partial charge in [-0.15, -0.1) is 0 Å². The van der Waals surface area contributed by atoms with Crippen LogP contribution in [0.3, 0.4) is 0 Å². The first-order valence-corrected chi connectivity index (χ1v) is 3.81. The predicted octanol–water partition coefficient (Wildman–Crippen LogP) is 0.627. The van der Waals surface area contributed by atoms with Crippen molar-refractivity contribution in [2.75, 3.05) is 25.4 Å². The summed E-state index contributed by atoms with van der Waals surface area (Å²) in [5.41, 5.74) is 0. The van der Waals surface area contributed by atoms with Gasteiger partial charge < -0.3 is 17.5 Å². The SMILES string of the molecule is [S-]CCN1CCCC1.[W]. The Morgan fingerprint density at radius 2 is 1.78 bits per heavy atom. The van der Waals surface area contributed by atoms with Crippen LogP contribution in [0.15, 0.2) is 0 Å². The zero-order valence-corrected chi connectivity index (χ0v) is 9.26. The van der Waals surface area contributed by atoms with Gasteiger partial charge in [-0.3, -0.25) is 0 Å². The summed E-state index contributed by atoms with van der Waals surface area (Å²) < 4.78 is 0. The van der Waals surface area contributed by atoms with Gasteiger partial charge in [0.25, 0.3) is 0 Å². The Labute approximate surface area is 76.9 Å². The maximum absolute atomic E-state index is 4.85. The summed E-state index contributed by atoms with van der Waals surface area (Å²) in [6.45, 7) is 3.71. The molecule has 0 spiro atoms. The number of hydrogen-bond acceptors (Lipinski definition) is 2. The number of nitrogens with zero attached hydrogens (tertiary/aromatic N) is 1. The third-order valence-electron chi connectivity index (χ3n) is 1.61. The average Bonchev–Trinajstić information content (AvgIpc) is 2.19. The molecule has 0 aromatic carbocycles. The van der Waals surface area contributed by atoms with Crippen molar-refractivity contribution in [2.24, 2.45) is 0 Å². The topological polar surface area (TPSA) is 3.24 Å². The molecule has 1 heterocycles. The molecule has 1 aliphatic heterocycles. The number of rotatable bonds is 2. The Morgan fingerprint density at radius 3 is 2.22 bits per heavy atom. The Morgan fingerprint density at radius 1 is 1.22 bits per heavy atom. The van der Waals surface area contributed by atoms with Crippen LogP contribution in [0.25, 0.3) is 0 Å². The number of likely N-dealkylation sites (tertiary alicyclic amines) is 1. The molecule has 0 saturated carbocycles. The normalized spacial score (nSPS) is 19.7. The fourth-order valence-electron chi connectivity index (χ4n) is 1.14. The molecule has 1 saturated heterocycles. The number of hydrogen-bond donors (Lipinski definition) is 0. The van der Waals surface area contributed by atoms with E-state index >= 15 is 0 Å². The van der Waals surface area contributed by atoms with Crippen molar-refractivity contribution in [1.82, 2.24) is 4.90 Å². The van der Waals surface area contributed by atoms with Crippen LogP contribution in [0.1, 0.15) is 12.8 Å². The minimum absolute atomic E-state index is 0. The molecule has 0 aromatic rings. The first-order valence-electron chi connectivity index (χ1n) is 3.24. The van der Waals surface area contributed by atoms with Gasteiger partial charge in [0, 0.05) is 21.1 Å². The van der Waals surface area contributed by atoms with Crippen molar-refractivity contribution in [2.45, 2.75) is 12.8 Å². The fraction of sp³-hybridized carbons (Fsp3) is 1.00. The van der Waals surface area contributed by atoms with E-state index in [2.05, 4.69) is 4.90 Å². The Kier molecular flexibility index (Phi) is 6.40. The minimum Gasteiger partial charge on any atom is -0.791 e. The monoisotopic (exact) mass is 314 g/mol. The van der Waals surface area contributed by atoms with Crippen LogP contribution in [0, 0.1) is 0 Å². The van der Waals surface area contributed by atoms with Crippen LogP contribution in [0.5, 0.6) is 0 Å². The second kappa shape index (κ2) is 5.76. The van der Waals surface area contributed by atoms with Gasteiger partial charge in [-0.25, -0.2) is 0 Å². The Hall–Kier alpha value is 0.998. The van der Waals surface area contributed by atoms with Gasteiger partial charge in [-0.05, 0) is 32.5 Å². The Balaban J connectivity index is 0.000000640. The third kappa shape index (κ3) is 3.64. The zero-order valence-electron chi connectivity index (χ0n) is 5.51. The maximum atomic E-state index is 4.85. The van der Waals surface area contributed by atoms with Gasteiger partial charge in [-0.2, -0.15) is 5.75 Å². The van der Waals surface area contributed by atoms with Gasteiger partial charge in [0.15, 0.2) is 0 Å². The minimum atomic E-state index is 0.